The van der Waals surface area contributed by atoms with Crippen LogP contribution in [-0.2, 0) is 11.2 Å². The summed E-state index contributed by atoms with van der Waals surface area (Å²) in [7, 11) is 1.69. The molecule has 1 atom stereocenters. The van der Waals surface area contributed by atoms with Crippen LogP contribution in [0.3, 0.4) is 0 Å². The fourth-order valence-corrected chi connectivity index (χ4v) is 2.48. The summed E-state index contributed by atoms with van der Waals surface area (Å²) >= 11 is 0. The van der Waals surface area contributed by atoms with E-state index in [0.29, 0.717) is 6.61 Å². The van der Waals surface area contributed by atoms with E-state index in [-0.39, 0.29) is 5.54 Å². The monoisotopic (exact) mass is 307 g/mol. The van der Waals surface area contributed by atoms with Crippen molar-refractivity contribution in [2.45, 2.75) is 64.3 Å². The Morgan fingerprint density at radius 1 is 1.05 bits per heavy atom. The van der Waals surface area contributed by atoms with Gasteiger partial charge in [-0.05, 0) is 43.9 Å². The Hall–Kier alpha value is -1.06. The Morgan fingerprint density at radius 2 is 1.73 bits per heavy atom. The minimum Gasteiger partial charge on any atom is -0.494 e. The molecule has 0 aliphatic carbocycles. The fourth-order valence-electron chi connectivity index (χ4n) is 2.48. The van der Waals surface area contributed by atoms with Crippen LogP contribution in [0.5, 0.6) is 5.75 Å². The Bertz CT molecular complexity index is 387. The van der Waals surface area contributed by atoms with Crippen LogP contribution >= 0.6 is 0 Å². The number of benzene rings is 1. The van der Waals surface area contributed by atoms with E-state index >= 15 is 0 Å². The van der Waals surface area contributed by atoms with Crippen LogP contribution in [-0.4, -0.2) is 25.9 Å². The smallest absolute Gasteiger partial charge is 0.119 e. The molecular formula is C19H33NO2. The quantitative estimate of drug-likeness (QED) is 0.584. The van der Waals surface area contributed by atoms with Gasteiger partial charge >= 0.3 is 0 Å². The maximum absolute atomic E-state index is 6.17. The van der Waals surface area contributed by atoms with Crippen LogP contribution in [0.1, 0.15) is 57.9 Å². The number of methoxy groups -OCH3 is 1. The third-order valence-corrected chi connectivity index (χ3v) is 3.90. The molecule has 0 saturated carbocycles. The molecule has 0 unspecified atom stereocenters. The van der Waals surface area contributed by atoms with Crippen LogP contribution in [0.2, 0.25) is 0 Å². The van der Waals surface area contributed by atoms with Crippen molar-refractivity contribution >= 4 is 0 Å². The molecule has 0 aliphatic rings. The van der Waals surface area contributed by atoms with Gasteiger partial charge in [0.1, 0.15) is 5.75 Å². The zero-order valence-electron chi connectivity index (χ0n) is 14.6. The number of ether oxygens (including phenoxy) is 2. The average molecular weight is 307 g/mol. The third kappa shape index (κ3) is 8.40. The van der Waals surface area contributed by atoms with E-state index in [0.717, 1.165) is 31.6 Å². The van der Waals surface area contributed by atoms with E-state index in [2.05, 4.69) is 31.2 Å². The van der Waals surface area contributed by atoms with Crippen molar-refractivity contribution < 1.29 is 9.47 Å². The van der Waals surface area contributed by atoms with Crippen molar-refractivity contribution in [3.05, 3.63) is 29.8 Å². The van der Waals surface area contributed by atoms with Gasteiger partial charge < -0.3 is 15.2 Å². The van der Waals surface area contributed by atoms with Crippen LogP contribution < -0.4 is 10.5 Å². The zero-order valence-corrected chi connectivity index (χ0v) is 14.6. The van der Waals surface area contributed by atoms with Gasteiger partial charge in [0.2, 0.25) is 0 Å². The van der Waals surface area contributed by atoms with Gasteiger partial charge in [0.15, 0.2) is 0 Å². The van der Waals surface area contributed by atoms with Gasteiger partial charge in [0, 0.05) is 12.6 Å². The number of aryl methyl sites for hydroxylation is 1. The molecule has 0 heterocycles. The molecule has 2 N–H and O–H groups in total. The molecule has 0 fully saturated rings. The summed E-state index contributed by atoms with van der Waals surface area (Å²) in [6.07, 6.45) is 8.22. The maximum atomic E-state index is 6.17. The summed E-state index contributed by atoms with van der Waals surface area (Å²) in [5.74, 6) is 0.964. The van der Waals surface area contributed by atoms with Crippen LogP contribution in [0.15, 0.2) is 24.3 Å². The van der Waals surface area contributed by atoms with Gasteiger partial charge in [-0.15, -0.1) is 0 Å². The topological polar surface area (TPSA) is 44.5 Å². The Balaban J connectivity index is 2.25. The highest BCUT2D eigenvalue weighted by molar-refractivity contribution is 5.27. The van der Waals surface area contributed by atoms with Gasteiger partial charge in [-0.2, -0.15) is 0 Å². The Morgan fingerprint density at radius 3 is 2.36 bits per heavy atom. The first-order valence-corrected chi connectivity index (χ1v) is 8.57. The highest BCUT2D eigenvalue weighted by Crippen LogP contribution is 2.17. The number of hydrogen-bond donors (Lipinski definition) is 1. The van der Waals surface area contributed by atoms with Crippen molar-refractivity contribution in [3.63, 3.8) is 0 Å². The summed E-state index contributed by atoms with van der Waals surface area (Å²) in [6, 6.07) is 8.39. The molecule has 1 rings (SSSR count). The Kier molecular flexibility index (Phi) is 9.17. The molecule has 0 bridgehead atoms. The second kappa shape index (κ2) is 10.6. The van der Waals surface area contributed by atoms with Gasteiger partial charge in [-0.25, -0.2) is 0 Å². The van der Waals surface area contributed by atoms with Gasteiger partial charge in [-0.1, -0.05) is 44.7 Å². The number of rotatable bonds is 12. The third-order valence-electron chi connectivity index (χ3n) is 3.90. The van der Waals surface area contributed by atoms with E-state index in [4.69, 9.17) is 15.2 Å². The lowest BCUT2D eigenvalue weighted by Crippen LogP contribution is -2.41. The highest BCUT2D eigenvalue weighted by atomic mass is 16.5. The molecule has 0 aromatic heterocycles. The van der Waals surface area contributed by atoms with Crippen molar-refractivity contribution in [2.75, 3.05) is 20.3 Å². The first-order valence-electron chi connectivity index (χ1n) is 8.57. The van der Waals surface area contributed by atoms with E-state index in [9.17, 15) is 0 Å². The molecule has 0 saturated heterocycles. The second-order valence-electron chi connectivity index (χ2n) is 6.49. The van der Waals surface area contributed by atoms with Gasteiger partial charge in [-0.3, -0.25) is 0 Å². The molecule has 0 aliphatic heterocycles. The molecule has 0 amide bonds. The SMILES string of the molecule is CCCCCCCOc1ccc(CC[C@](C)(N)COC)cc1. The van der Waals surface area contributed by atoms with Gasteiger partial charge in [0.05, 0.1) is 13.2 Å². The first-order chi connectivity index (χ1) is 10.6. The standard InChI is InChI=1S/C19H33NO2/c1-4-5-6-7-8-15-22-18-11-9-17(10-12-18)13-14-19(2,20)16-21-3/h9-12H,4-8,13-16,20H2,1-3H3/t19-/m0/s1. The molecular weight excluding hydrogens is 274 g/mol. The van der Waals surface area contributed by atoms with E-state index < -0.39 is 0 Å². The summed E-state index contributed by atoms with van der Waals surface area (Å²) in [4.78, 5) is 0. The molecule has 126 valence electrons. The van der Waals surface area contributed by atoms with Crippen molar-refractivity contribution in [3.8, 4) is 5.75 Å². The van der Waals surface area contributed by atoms with Crippen molar-refractivity contribution in [2.24, 2.45) is 5.73 Å². The molecule has 3 nitrogen and oxygen atoms in total. The van der Waals surface area contributed by atoms with Crippen LogP contribution in [0, 0.1) is 0 Å². The summed E-state index contributed by atoms with van der Waals surface area (Å²) < 4.78 is 10.9. The normalized spacial score (nSPS) is 13.8. The largest absolute Gasteiger partial charge is 0.494 e. The van der Waals surface area contributed by atoms with E-state index in [1.165, 1.54) is 31.2 Å². The lowest BCUT2D eigenvalue weighted by Gasteiger charge is -2.23. The number of hydrogen-bond acceptors (Lipinski definition) is 3. The van der Waals surface area contributed by atoms with Gasteiger partial charge in [0.25, 0.3) is 0 Å². The minimum atomic E-state index is -0.261. The average Bonchev–Trinajstić information content (AvgIpc) is 2.50. The van der Waals surface area contributed by atoms with Crippen molar-refractivity contribution in [1.29, 1.82) is 0 Å². The fraction of sp³-hybridized carbons (Fsp3) is 0.684. The molecule has 0 radical (unpaired) electrons. The number of nitrogens with two attached hydrogens (primary N) is 1. The second-order valence-corrected chi connectivity index (χ2v) is 6.49. The molecule has 3 heteroatoms. The lowest BCUT2D eigenvalue weighted by molar-refractivity contribution is 0.136. The lowest BCUT2D eigenvalue weighted by atomic mass is 9.95. The Labute approximate surface area is 136 Å². The molecule has 1 aromatic rings. The predicted molar refractivity (Wildman–Crippen MR) is 93.5 cm³/mol. The maximum Gasteiger partial charge on any atom is 0.119 e. The molecule has 0 spiro atoms. The van der Waals surface area contributed by atoms with Crippen LogP contribution in [0.25, 0.3) is 0 Å². The molecule has 1 aromatic carbocycles. The predicted octanol–water partition coefficient (Wildman–Crippen LogP) is 4.33. The molecule has 22 heavy (non-hydrogen) atoms. The highest BCUT2D eigenvalue weighted by Gasteiger charge is 2.17. The minimum absolute atomic E-state index is 0.261. The van der Waals surface area contributed by atoms with E-state index in [1.54, 1.807) is 7.11 Å². The van der Waals surface area contributed by atoms with E-state index in [1.807, 2.05) is 6.92 Å². The van der Waals surface area contributed by atoms with Crippen molar-refractivity contribution in [1.82, 2.24) is 0 Å². The first kappa shape index (κ1) is 19.0. The summed E-state index contributed by atoms with van der Waals surface area (Å²) in [6.45, 7) is 5.68. The summed E-state index contributed by atoms with van der Waals surface area (Å²) in [5.41, 5.74) is 7.20. The number of unbranched alkanes of at least 4 members (excludes halogenated alkanes) is 4. The zero-order chi connectivity index (χ0) is 16.3. The van der Waals surface area contributed by atoms with Crippen LogP contribution in [0.4, 0.5) is 0 Å². The summed E-state index contributed by atoms with van der Waals surface area (Å²) in [5, 5.41) is 0.